The summed E-state index contributed by atoms with van der Waals surface area (Å²) < 4.78 is 13.1. The number of imidazole rings is 1. The van der Waals surface area contributed by atoms with Crippen LogP contribution in [0.15, 0.2) is 83.9 Å². The molecule has 0 saturated heterocycles. The van der Waals surface area contributed by atoms with E-state index in [0.717, 1.165) is 0 Å². The van der Waals surface area contributed by atoms with Crippen LogP contribution in [0.2, 0.25) is 0 Å². The molecule has 2 aromatic carbocycles. The molecule has 5 atom stereocenters. The van der Waals surface area contributed by atoms with Gasteiger partial charge in [0.25, 0.3) is 5.56 Å². The van der Waals surface area contributed by atoms with Crippen molar-refractivity contribution in [1.29, 1.82) is 0 Å². The third kappa shape index (κ3) is 5.22. The van der Waals surface area contributed by atoms with Crippen molar-refractivity contribution in [2.45, 2.75) is 30.7 Å². The topological polar surface area (TPSA) is 194 Å². The summed E-state index contributed by atoms with van der Waals surface area (Å²) in [5.74, 6) is -1.94. The van der Waals surface area contributed by atoms with Crippen LogP contribution in [-0.2, 0) is 19.1 Å². The van der Waals surface area contributed by atoms with Gasteiger partial charge < -0.3 is 31.2 Å². The van der Waals surface area contributed by atoms with Gasteiger partial charge in [-0.15, -0.1) is 0 Å². The highest BCUT2D eigenvalue weighted by molar-refractivity contribution is 5.78. The van der Waals surface area contributed by atoms with E-state index in [1.807, 2.05) is 12.1 Å². The van der Waals surface area contributed by atoms with Crippen molar-refractivity contribution in [1.82, 2.24) is 19.5 Å². The first kappa shape index (κ1) is 26.8. The first-order chi connectivity index (χ1) is 19.2. The van der Waals surface area contributed by atoms with Gasteiger partial charge in [0, 0.05) is 6.42 Å². The largest absolute Gasteiger partial charge is 0.463 e. The number of H-pyrrole nitrogens is 1. The summed E-state index contributed by atoms with van der Waals surface area (Å²) in [4.78, 5) is 49.0. The van der Waals surface area contributed by atoms with Crippen molar-refractivity contribution in [3.63, 3.8) is 0 Å². The zero-order valence-corrected chi connectivity index (χ0v) is 21.5. The predicted molar refractivity (Wildman–Crippen MR) is 146 cm³/mol. The van der Waals surface area contributed by atoms with Crippen molar-refractivity contribution < 1.29 is 19.1 Å². The molecule has 5 rings (SSSR count). The van der Waals surface area contributed by atoms with Gasteiger partial charge in [0.2, 0.25) is 5.95 Å². The van der Waals surface area contributed by atoms with E-state index in [2.05, 4.69) is 21.5 Å². The Morgan fingerprint density at radius 3 is 2.25 bits per heavy atom. The van der Waals surface area contributed by atoms with Crippen LogP contribution in [0, 0.1) is 5.92 Å². The number of nitrogens with two attached hydrogens (primary N) is 3. The molecule has 1 fully saturated rings. The van der Waals surface area contributed by atoms with E-state index >= 15 is 0 Å². The van der Waals surface area contributed by atoms with Crippen LogP contribution >= 0.6 is 0 Å². The monoisotopic (exact) mass is 543 g/mol. The molecule has 40 heavy (non-hydrogen) atoms. The highest BCUT2D eigenvalue weighted by Gasteiger charge is 2.43. The molecule has 4 aromatic rings. The van der Waals surface area contributed by atoms with Crippen LogP contribution in [0.25, 0.3) is 11.2 Å². The lowest BCUT2D eigenvalue weighted by Crippen LogP contribution is -2.33. The lowest BCUT2D eigenvalue weighted by molar-refractivity contribution is -0.155. The molecule has 2 aromatic heterocycles. The number of hydrogen-bond donors (Lipinski definition) is 4. The number of esters is 2. The highest BCUT2D eigenvalue weighted by Crippen LogP contribution is 2.42. The second kappa shape index (κ2) is 11.1. The Morgan fingerprint density at radius 1 is 1.02 bits per heavy atom. The molecule has 0 amide bonds. The molecule has 2 heterocycles. The molecule has 2 unspecified atom stereocenters. The Balaban J connectivity index is 1.40. The molecule has 12 heteroatoms. The number of nitrogens with one attached hydrogen (secondary N) is 1. The molecular weight excluding hydrogens is 514 g/mol. The van der Waals surface area contributed by atoms with Crippen molar-refractivity contribution in [2.75, 3.05) is 12.3 Å². The highest BCUT2D eigenvalue weighted by atomic mass is 16.6. The third-order valence-electron chi connectivity index (χ3n) is 7.09. The fraction of sp³-hybridized carbons (Fsp3) is 0.250. The second-order valence-corrected chi connectivity index (χ2v) is 9.59. The van der Waals surface area contributed by atoms with Gasteiger partial charge in [0.15, 0.2) is 11.2 Å². The zero-order valence-electron chi connectivity index (χ0n) is 21.5. The average molecular weight is 544 g/mol. The quantitative estimate of drug-likeness (QED) is 0.187. The standard InChI is InChI=1S/C28H29N7O5/c1-15-18(13-39-26(37)21(29)16-8-4-2-5-9-16)20(40-27(38)22(30)17-10-6-3-7-11-17)12-19(15)35-14-32-23-24(35)33-28(31)34-25(23)36/h2-11,14,18-22H,1,12-13,29-30H2,(H3,31,33,34,36)/t18-,19-,20-,21?,22?/m0/s1. The van der Waals surface area contributed by atoms with Crippen molar-refractivity contribution in [3.8, 4) is 0 Å². The third-order valence-corrected chi connectivity index (χ3v) is 7.09. The maximum absolute atomic E-state index is 13.1. The van der Waals surface area contributed by atoms with Gasteiger partial charge in [-0.2, -0.15) is 4.98 Å². The number of aromatic amines is 1. The second-order valence-electron chi connectivity index (χ2n) is 9.59. The predicted octanol–water partition coefficient (Wildman–Crippen LogP) is 1.67. The molecule has 0 radical (unpaired) electrons. The zero-order chi connectivity index (χ0) is 28.4. The number of anilines is 1. The van der Waals surface area contributed by atoms with E-state index in [1.165, 1.54) is 6.33 Å². The van der Waals surface area contributed by atoms with E-state index in [-0.39, 0.29) is 30.1 Å². The lowest BCUT2D eigenvalue weighted by Gasteiger charge is -2.23. The van der Waals surface area contributed by atoms with Gasteiger partial charge in [-0.05, 0) is 16.7 Å². The minimum absolute atomic E-state index is 0.0694. The summed E-state index contributed by atoms with van der Waals surface area (Å²) in [6, 6.07) is 15.2. The summed E-state index contributed by atoms with van der Waals surface area (Å²) in [7, 11) is 0. The fourth-order valence-corrected chi connectivity index (χ4v) is 4.91. The smallest absolute Gasteiger partial charge is 0.327 e. The van der Waals surface area contributed by atoms with Gasteiger partial charge in [-0.3, -0.25) is 9.78 Å². The number of benzene rings is 2. The number of nitrogens with zero attached hydrogens (tertiary/aromatic N) is 3. The summed E-state index contributed by atoms with van der Waals surface area (Å²) >= 11 is 0. The van der Waals surface area contributed by atoms with Crippen LogP contribution in [0.4, 0.5) is 5.95 Å². The molecule has 1 aliphatic carbocycles. The Hall–Kier alpha value is -4.81. The van der Waals surface area contributed by atoms with Crippen molar-refractivity contribution in [3.05, 3.63) is 101 Å². The first-order valence-corrected chi connectivity index (χ1v) is 12.6. The molecule has 0 bridgehead atoms. The van der Waals surface area contributed by atoms with Crippen LogP contribution in [-0.4, -0.2) is 44.2 Å². The number of carbonyl (C=O) groups is 2. The molecular formula is C28H29N7O5. The summed E-state index contributed by atoms with van der Waals surface area (Å²) in [5.41, 5.74) is 19.7. The van der Waals surface area contributed by atoms with Crippen molar-refractivity contribution in [2.24, 2.45) is 17.4 Å². The first-order valence-electron chi connectivity index (χ1n) is 12.6. The Morgan fingerprint density at radius 2 is 1.62 bits per heavy atom. The molecule has 7 N–H and O–H groups in total. The minimum Gasteiger partial charge on any atom is -0.463 e. The van der Waals surface area contributed by atoms with Crippen molar-refractivity contribution >= 4 is 29.1 Å². The van der Waals surface area contributed by atoms with Crippen LogP contribution in [0.3, 0.4) is 0 Å². The lowest BCUT2D eigenvalue weighted by atomic mass is 10.0. The SMILES string of the molecule is C=C1[C@H](COC(=O)C(N)c2ccccc2)[C@@H](OC(=O)C(N)c2ccccc2)C[C@@H]1n1cnc2c(=O)[nH]c(N)nc21. The number of carbonyl (C=O) groups excluding carboxylic acids is 2. The normalized spacial score (nSPS) is 20.2. The Bertz CT molecular complexity index is 1600. The summed E-state index contributed by atoms with van der Waals surface area (Å²) in [5, 5.41) is 0. The molecule has 0 aliphatic heterocycles. The van der Waals surface area contributed by atoms with E-state index in [0.29, 0.717) is 16.7 Å². The Kier molecular flexibility index (Phi) is 7.45. The molecule has 1 saturated carbocycles. The van der Waals surface area contributed by atoms with Gasteiger partial charge in [-0.1, -0.05) is 67.2 Å². The minimum atomic E-state index is -1.02. The number of hydrogen-bond acceptors (Lipinski definition) is 10. The maximum atomic E-state index is 13.1. The maximum Gasteiger partial charge on any atom is 0.327 e. The van der Waals surface area contributed by atoms with E-state index in [4.69, 9.17) is 26.7 Å². The van der Waals surface area contributed by atoms with Gasteiger partial charge in [0.1, 0.15) is 24.8 Å². The average Bonchev–Trinajstić information content (AvgIpc) is 3.52. The van der Waals surface area contributed by atoms with E-state index < -0.39 is 47.6 Å². The molecule has 206 valence electrons. The summed E-state index contributed by atoms with van der Waals surface area (Å²) in [6.07, 6.45) is 0.951. The fourth-order valence-electron chi connectivity index (χ4n) is 4.91. The van der Waals surface area contributed by atoms with Gasteiger partial charge in [-0.25, -0.2) is 14.6 Å². The molecule has 12 nitrogen and oxygen atoms in total. The molecule has 1 aliphatic rings. The van der Waals surface area contributed by atoms with Gasteiger partial charge in [0.05, 0.1) is 18.3 Å². The van der Waals surface area contributed by atoms with E-state index in [1.54, 1.807) is 53.1 Å². The number of ether oxygens (including phenoxy) is 2. The summed E-state index contributed by atoms with van der Waals surface area (Å²) in [6.45, 7) is 4.08. The van der Waals surface area contributed by atoms with Crippen LogP contribution < -0.4 is 22.8 Å². The van der Waals surface area contributed by atoms with Crippen LogP contribution in [0.5, 0.6) is 0 Å². The number of aromatic nitrogens is 4. The molecule has 0 spiro atoms. The number of nitrogen functional groups attached to an aromatic ring is 1. The number of rotatable bonds is 8. The van der Waals surface area contributed by atoms with Gasteiger partial charge >= 0.3 is 11.9 Å². The Labute approximate surface area is 228 Å². The van der Waals surface area contributed by atoms with Crippen LogP contribution in [0.1, 0.15) is 35.7 Å². The van der Waals surface area contributed by atoms with E-state index in [9.17, 15) is 14.4 Å². The number of fused-ring (bicyclic) bond motifs is 1.